The Hall–Kier alpha value is -1.23. The van der Waals surface area contributed by atoms with Gasteiger partial charge in [-0.2, -0.15) is 9.97 Å². The van der Waals surface area contributed by atoms with E-state index in [2.05, 4.69) is 15.0 Å². The lowest BCUT2D eigenvalue weighted by atomic mass is 10.0. The van der Waals surface area contributed by atoms with Gasteiger partial charge in [0.05, 0.1) is 6.61 Å². The van der Waals surface area contributed by atoms with Crippen LogP contribution in [0.25, 0.3) is 0 Å². The Labute approximate surface area is 94.5 Å². The van der Waals surface area contributed by atoms with Crippen LogP contribution in [0.2, 0.25) is 0 Å². The number of rotatable bonds is 2. The molecule has 2 heterocycles. The average molecular weight is 220 g/mol. The van der Waals surface area contributed by atoms with Crippen molar-refractivity contribution in [1.82, 2.24) is 15.0 Å². The van der Waals surface area contributed by atoms with Crippen molar-refractivity contribution < 1.29 is 4.74 Å². The number of nitrogen functional groups attached to an aromatic ring is 1. The first-order valence-electron chi connectivity index (χ1n) is 5.92. The zero-order valence-corrected chi connectivity index (χ0v) is 9.22. The Morgan fingerprint density at radius 1 is 1.00 bits per heavy atom. The summed E-state index contributed by atoms with van der Waals surface area (Å²) in [6.07, 6.45) is 4.54. The molecule has 2 aliphatic rings. The molecule has 86 valence electrons. The molecule has 0 spiro atoms. The van der Waals surface area contributed by atoms with Crippen LogP contribution in [0.5, 0.6) is 0 Å². The SMILES string of the molecule is Nc1nc(C2CC2)nc(C2CCCOC2)n1. The molecule has 0 bridgehead atoms. The van der Waals surface area contributed by atoms with Gasteiger partial charge in [-0.05, 0) is 25.7 Å². The fourth-order valence-corrected chi connectivity index (χ4v) is 2.08. The second-order valence-electron chi connectivity index (χ2n) is 4.60. The minimum atomic E-state index is 0.302. The van der Waals surface area contributed by atoms with Gasteiger partial charge in [-0.15, -0.1) is 0 Å². The highest BCUT2D eigenvalue weighted by atomic mass is 16.5. The van der Waals surface area contributed by atoms with E-state index in [0.29, 0.717) is 24.4 Å². The Kier molecular flexibility index (Phi) is 2.47. The summed E-state index contributed by atoms with van der Waals surface area (Å²) in [5, 5.41) is 0. The van der Waals surface area contributed by atoms with E-state index in [-0.39, 0.29) is 0 Å². The maximum atomic E-state index is 5.73. The predicted molar refractivity (Wildman–Crippen MR) is 59.0 cm³/mol. The summed E-state index contributed by atoms with van der Waals surface area (Å²) in [5.41, 5.74) is 5.73. The summed E-state index contributed by atoms with van der Waals surface area (Å²) in [7, 11) is 0. The fourth-order valence-electron chi connectivity index (χ4n) is 2.08. The standard InChI is InChI=1S/C11H16N4O/c12-11-14-9(7-3-4-7)13-10(15-11)8-2-1-5-16-6-8/h7-8H,1-6H2,(H2,12,13,14,15). The topological polar surface area (TPSA) is 73.9 Å². The Morgan fingerprint density at radius 2 is 1.75 bits per heavy atom. The lowest BCUT2D eigenvalue weighted by Gasteiger charge is -2.20. The molecule has 5 nitrogen and oxygen atoms in total. The molecule has 2 N–H and O–H groups in total. The van der Waals surface area contributed by atoms with E-state index in [1.807, 2.05) is 0 Å². The van der Waals surface area contributed by atoms with E-state index in [9.17, 15) is 0 Å². The van der Waals surface area contributed by atoms with Crippen LogP contribution in [0, 0.1) is 0 Å². The molecule has 1 saturated heterocycles. The number of anilines is 1. The number of hydrogen-bond acceptors (Lipinski definition) is 5. The maximum absolute atomic E-state index is 5.73. The predicted octanol–water partition coefficient (Wildman–Crippen LogP) is 1.23. The third-order valence-electron chi connectivity index (χ3n) is 3.16. The third-order valence-corrected chi connectivity index (χ3v) is 3.16. The lowest BCUT2D eigenvalue weighted by Crippen LogP contribution is -2.19. The third kappa shape index (κ3) is 2.00. The Balaban J connectivity index is 1.86. The van der Waals surface area contributed by atoms with Crippen LogP contribution in [-0.2, 0) is 4.74 Å². The van der Waals surface area contributed by atoms with Crippen molar-refractivity contribution in [1.29, 1.82) is 0 Å². The van der Waals surface area contributed by atoms with Gasteiger partial charge in [-0.25, -0.2) is 4.98 Å². The first kappa shape index (κ1) is 9.96. The molecule has 0 amide bonds. The normalized spacial score (nSPS) is 25.6. The zero-order valence-electron chi connectivity index (χ0n) is 9.22. The Morgan fingerprint density at radius 3 is 2.38 bits per heavy atom. The minimum absolute atomic E-state index is 0.302. The van der Waals surface area contributed by atoms with Crippen molar-refractivity contribution >= 4 is 5.95 Å². The molecule has 1 saturated carbocycles. The number of hydrogen-bond donors (Lipinski definition) is 1. The van der Waals surface area contributed by atoms with E-state index < -0.39 is 0 Å². The zero-order chi connectivity index (χ0) is 11.0. The number of aromatic nitrogens is 3. The van der Waals surface area contributed by atoms with Crippen molar-refractivity contribution in [3.8, 4) is 0 Å². The first-order valence-corrected chi connectivity index (χ1v) is 5.92. The number of nitrogens with zero attached hydrogens (tertiary/aromatic N) is 3. The van der Waals surface area contributed by atoms with Crippen LogP contribution in [0.3, 0.4) is 0 Å². The monoisotopic (exact) mass is 220 g/mol. The molecule has 0 radical (unpaired) electrons. The second kappa shape index (κ2) is 3.97. The first-order chi connectivity index (χ1) is 7.83. The summed E-state index contributed by atoms with van der Waals surface area (Å²) in [6, 6.07) is 0. The van der Waals surface area contributed by atoms with Crippen LogP contribution in [0.1, 0.15) is 49.2 Å². The van der Waals surface area contributed by atoms with E-state index in [1.165, 1.54) is 12.8 Å². The van der Waals surface area contributed by atoms with E-state index >= 15 is 0 Å². The summed E-state index contributed by atoms with van der Waals surface area (Å²) in [6.45, 7) is 1.57. The van der Waals surface area contributed by atoms with Gasteiger partial charge < -0.3 is 10.5 Å². The van der Waals surface area contributed by atoms with Crippen molar-refractivity contribution in [2.45, 2.75) is 37.5 Å². The molecule has 2 fully saturated rings. The van der Waals surface area contributed by atoms with Crippen LogP contribution in [-0.4, -0.2) is 28.2 Å². The lowest BCUT2D eigenvalue weighted by molar-refractivity contribution is 0.0779. The fraction of sp³-hybridized carbons (Fsp3) is 0.727. The van der Waals surface area contributed by atoms with Gasteiger partial charge >= 0.3 is 0 Å². The molecule has 3 rings (SSSR count). The summed E-state index contributed by atoms with van der Waals surface area (Å²) >= 11 is 0. The molecular formula is C11H16N4O. The maximum Gasteiger partial charge on any atom is 0.223 e. The molecule has 1 aliphatic heterocycles. The van der Waals surface area contributed by atoms with Crippen LogP contribution in [0.4, 0.5) is 5.95 Å². The van der Waals surface area contributed by atoms with Gasteiger partial charge in [0.1, 0.15) is 11.6 Å². The van der Waals surface area contributed by atoms with E-state index in [1.54, 1.807) is 0 Å². The van der Waals surface area contributed by atoms with Crippen molar-refractivity contribution in [3.05, 3.63) is 11.6 Å². The molecule has 1 aliphatic carbocycles. The van der Waals surface area contributed by atoms with Gasteiger partial charge in [-0.1, -0.05) is 0 Å². The molecule has 0 aromatic carbocycles. The second-order valence-corrected chi connectivity index (χ2v) is 4.60. The average Bonchev–Trinajstić information content (AvgIpc) is 3.13. The van der Waals surface area contributed by atoms with E-state index in [0.717, 1.165) is 31.1 Å². The van der Waals surface area contributed by atoms with E-state index in [4.69, 9.17) is 10.5 Å². The Bertz CT molecular complexity index is 386. The summed E-state index contributed by atoms with van der Waals surface area (Å²) < 4.78 is 5.45. The van der Waals surface area contributed by atoms with Crippen LogP contribution in [0.15, 0.2) is 0 Å². The number of nitrogens with two attached hydrogens (primary N) is 1. The molecule has 1 aromatic heterocycles. The summed E-state index contributed by atoms with van der Waals surface area (Å²) in [4.78, 5) is 13.0. The highest BCUT2D eigenvalue weighted by molar-refractivity contribution is 5.21. The molecule has 5 heteroatoms. The van der Waals surface area contributed by atoms with Gasteiger partial charge in [0.25, 0.3) is 0 Å². The van der Waals surface area contributed by atoms with Crippen LogP contribution >= 0.6 is 0 Å². The molecular weight excluding hydrogens is 204 g/mol. The van der Waals surface area contributed by atoms with Gasteiger partial charge in [0, 0.05) is 18.4 Å². The highest BCUT2D eigenvalue weighted by Crippen LogP contribution is 2.38. The highest BCUT2D eigenvalue weighted by Gasteiger charge is 2.29. The van der Waals surface area contributed by atoms with Crippen LogP contribution < -0.4 is 5.73 Å². The minimum Gasteiger partial charge on any atom is -0.381 e. The smallest absolute Gasteiger partial charge is 0.223 e. The van der Waals surface area contributed by atoms with Crippen molar-refractivity contribution in [2.75, 3.05) is 18.9 Å². The van der Waals surface area contributed by atoms with Gasteiger partial charge in [0.15, 0.2) is 0 Å². The largest absolute Gasteiger partial charge is 0.381 e. The molecule has 16 heavy (non-hydrogen) atoms. The summed E-state index contributed by atoms with van der Waals surface area (Å²) in [5.74, 6) is 2.89. The molecule has 1 unspecified atom stereocenters. The molecule has 1 atom stereocenters. The number of ether oxygens (including phenoxy) is 1. The quantitative estimate of drug-likeness (QED) is 0.811. The van der Waals surface area contributed by atoms with Crippen molar-refractivity contribution in [2.24, 2.45) is 0 Å². The van der Waals surface area contributed by atoms with Gasteiger partial charge in [-0.3, -0.25) is 0 Å². The van der Waals surface area contributed by atoms with Crippen molar-refractivity contribution in [3.63, 3.8) is 0 Å². The molecule has 1 aromatic rings. The van der Waals surface area contributed by atoms with Gasteiger partial charge in [0.2, 0.25) is 5.95 Å².